The van der Waals surface area contributed by atoms with E-state index in [0.29, 0.717) is 24.4 Å². The molecule has 0 amide bonds. The molecule has 0 radical (unpaired) electrons. The molecule has 2 aromatic carbocycles. The van der Waals surface area contributed by atoms with E-state index in [1.54, 1.807) is 24.4 Å². The molecular formula is C25H21F3N2O5. The molecule has 1 aliphatic carbocycles. The van der Waals surface area contributed by atoms with Crippen molar-refractivity contribution in [1.29, 1.82) is 5.41 Å². The minimum atomic E-state index is -4.73. The summed E-state index contributed by atoms with van der Waals surface area (Å²) in [5.41, 5.74) is 0.0924. The zero-order valence-electron chi connectivity index (χ0n) is 18.3. The number of carboxylic acids is 1. The number of nitrogens with one attached hydrogen (secondary N) is 2. The molecule has 0 spiro atoms. The standard InChI is InChI=1S/C25H21F3N2O5/c26-25(27,28)21-10-19(6-7-23(21)35-18-3-1-2-15(8-18)9-24(31)32)34-20-5-4-16(22(29)11-20)12-30-17-13-33-14-17/h1-8,10-12,17,29-30H,9,13-14H2,(H,31,32)/b16-12-,29-22?. The second-order valence-electron chi connectivity index (χ2n) is 7.87. The maximum Gasteiger partial charge on any atom is 0.420 e. The molecule has 2 aliphatic rings. The smallest absolute Gasteiger partial charge is 0.420 e. The number of alkyl halides is 3. The van der Waals surface area contributed by atoms with Crippen LogP contribution >= 0.6 is 0 Å². The number of hydrogen-bond acceptors (Lipinski definition) is 6. The van der Waals surface area contributed by atoms with E-state index in [-0.39, 0.29) is 35.4 Å². The fourth-order valence-corrected chi connectivity index (χ4v) is 3.30. The molecule has 7 nitrogen and oxygen atoms in total. The number of ether oxygens (including phenoxy) is 3. The fraction of sp³-hybridized carbons (Fsp3) is 0.200. The Labute approximate surface area is 198 Å². The fourth-order valence-electron chi connectivity index (χ4n) is 3.30. The van der Waals surface area contributed by atoms with Crippen LogP contribution < -0.4 is 14.8 Å². The van der Waals surface area contributed by atoms with Crippen LogP contribution in [-0.2, 0) is 22.1 Å². The number of allylic oxidation sites excluding steroid dienone is 4. The second-order valence-corrected chi connectivity index (χ2v) is 7.87. The summed E-state index contributed by atoms with van der Waals surface area (Å²) in [6.07, 6.45) is 1.29. The molecule has 4 rings (SSSR count). The lowest BCUT2D eigenvalue weighted by atomic mass is 10.1. The van der Waals surface area contributed by atoms with Crippen molar-refractivity contribution in [2.24, 2.45) is 0 Å². The minimum absolute atomic E-state index is 0.0785. The van der Waals surface area contributed by atoms with Gasteiger partial charge in [0.25, 0.3) is 0 Å². The summed E-state index contributed by atoms with van der Waals surface area (Å²) >= 11 is 0. The van der Waals surface area contributed by atoms with Crippen LogP contribution in [0.15, 0.2) is 78.2 Å². The van der Waals surface area contributed by atoms with E-state index in [2.05, 4.69) is 5.32 Å². The topological polar surface area (TPSA) is 101 Å². The molecule has 0 atom stereocenters. The van der Waals surface area contributed by atoms with E-state index in [0.717, 1.165) is 12.1 Å². The first-order chi connectivity index (χ1) is 16.7. The van der Waals surface area contributed by atoms with Gasteiger partial charge in [0.2, 0.25) is 0 Å². The van der Waals surface area contributed by atoms with Crippen molar-refractivity contribution in [1.82, 2.24) is 5.32 Å². The Morgan fingerprint density at radius 1 is 1.14 bits per heavy atom. The van der Waals surface area contributed by atoms with Crippen LogP contribution in [0.2, 0.25) is 0 Å². The third-order valence-electron chi connectivity index (χ3n) is 5.11. The lowest BCUT2D eigenvalue weighted by Crippen LogP contribution is -2.43. The average molecular weight is 486 g/mol. The van der Waals surface area contributed by atoms with Gasteiger partial charge in [-0.25, -0.2) is 0 Å². The average Bonchev–Trinajstić information content (AvgIpc) is 2.74. The molecule has 3 N–H and O–H groups in total. The van der Waals surface area contributed by atoms with Gasteiger partial charge in [-0.3, -0.25) is 4.79 Å². The van der Waals surface area contributed by atoms with Crippen molar-refractivity contribution >= 4 is 11.7 Å². The van der Waals surface area contributed by atoms with E-state index in [4.69, 9.17) is 24.7 Å². The quantitative estimate of drug-likeness (QED) is 0.493. The second kappa shape index (κ2) is 10.1. The Morgan fingerprint density at radius 2 is 1.91 bits per heavy atom. The lowest BCUT2D eigenvalue weighted by Gasteiger charge is -2.26. The zero-order chi connectivity index (χ0) is 25.0. The van der Waals surface area contributed by atoms with Gasteiger partial charge in [0, 0.05) is 17.8 Å². The molecule has 0 aromatic heterocycles. The number of carbonyl (C=O) groups is 1. The first kappa shape index (κ1) is 24.1. The summed E-state index contributed by atoms with van der Waals surface area (Å²) in [6, 6.07) is 9.35. The van der Waals surface area contributed by atoms with Crippen LogP contribution in [0.5, 0.6) is 17.2 Å². The Morgan fingerprint density at radius 3 is 2.57 bits per heavy atom. The van der Waals surface area contributed by atoms with Gasteiger partial charge >= 0.3 is 12.1 Å². The molecule has 1 heterocycles. The first-order valence-corrected chi connectivity index (χ1v) is 10.6. The Balaban J connectivity index is 1.50. The Kier molecular flexibility index (Phi) is 6.92. The number of halogens is 3. The van der Waals surface area contributed by atoms with Crippen molar-refractivity contribution in [3.05, 3.63) is 89.4 Å². The lowest BCUT2D eigenvalue weighted by molar-refractivity contribution is -0.138. The molecule has 35 heavy (non-hydrogen) atoms. The summed E-state index contributed by atoms with van der Waals surface area (Å²) < 4.78 is 57.4. The highest BCUT2D eigenvalue weighted by Gasteiger charge is 2.35. The molecule has 182 valence electrons. The van der Waals surface area contributed by atoms with Gasteiger partial charge in [0.15, 0.2) is 0 Å². The van der Waals surface area contributed by atoms with E-state index in [1.165, 1.54) is 30.3 Å². The van der Waals surface area contributed by atoms with Crippen molar-refractivity contribution in [2.45, 2.75) is 18.6 Å². The summed E-state index contributed by atoms with van der Waals surface area (Å²) in [5, 5.41) is 20.2. The molecule has 0 saturated carbocycles. The van der Waals surface area contributed by atoms with E-state index in [9.17, 15) is 18.0 Å². The van der Waals surface area contributed by atoms with Crippen molar-refractivity contribution in [3.8, 4) is 17.2 Å². The van der Waals surface area contributed by atoms with Crippen LogP contribution in [0.1, 0.15) is 11.1 Å². The number of benzene rings is 2. The highest BCUT2D eigenvalue weighted by atomic mass is 19.4. The van der Waals surface area contributed by atoms with Crippen LogP contribution in [0.4, 0.5) is 13.2 Å². The summed E-state index contributed by atoms with van der Waals surface area (Å²) in [5.74, 6) is -1.30. The number of carboxylic acid groups (broad SMARTS) is 1. The molecule has 1 aliphatic heterocycles. The summed E-state index contributed by atoms with van der Waals surface area (Å²) in [4.78, 5) is 10.9. The summed E-state index contributed by atoms with van der Waals surface area (Å²) in [7, 11) is 0. The Bertz CT molecular complexity index is 1230. The molecule has 1 fully saturated rings. The number of hydrogen-bond donors (Lipinski definition) is 3. The summed E-state index contributed by atoms with van der Waals surface area (Å²) in [6.45, 7) is 1.19. The van der Waals surface area contributed by atoms with Gasteiger partial charge in [-0.1, -0.05) is 12.1 Å². The van der Waals surface area contributed by atoms with E-state index in [1.807, 2.05) is 0 Å². The zero-order valence-corrected chi connectivity index (χ0v) is 18.3. The van der Waals surface area contributed by atoms with Crippen LogP contribution in [0, 0.1) is 5.41 Å². The number of aliphatic carboxylic acids is 1. The monoisotopic (exact) mass is 486 g/mol. The highest BCUT2D eigenvalue weighted by Crippen LogP contribution is 2.40. The predicted octanol–water partition coefficient (Wildman–Crippen LogP) is 4.85. The maximum atomic E-state index is 13.8. The van der Waals surface area contributed by atoms with Gasteiger partial charge < -0.3 is 30.0 Å². The van der Waals surface area contributed by atoms with Gasteiger partial charge in [-0.15, -0.1) is 0 Å². The minimum Gasteiger partial charge on any atom is -0.481 e. The van der Waals surface area contributed by atoms with Crippen molar-refractivity contribution in [2.75, 3.05) is 13.2 Å². The first-order valence-electron chi connectivity index (χ1n) is 10.6. The van der Waals surface area contributed by atoms with Gasteiger partial charge in [0.05, 0.1) is 31.4 Å². The SMILES string of the molecule is N=C1C=C(Oc2ccc(Oc3cccc(CC(=O)O)c3)c(C(F)(F)F)c2)C=C/C1=C/NC1COC1. The van der Waals surface area contributed by atoms with E-state index < -0.39 is 23.5 Å². The molecule has 0 bridgehead atoms. The predicted molar refractivity (Wildman–Crippen MR) is 121 cm³/mol. The molecule has 1 saturated heterocycles. The van der Waals surface area contributed by atoms with Gasteiger partial charge in [-0.05, 0) is 48.0 Å². The van der Waals surface area contributed by atoms with Crippen molar-refractivity contribution < 1.29 is 37.3 Å². The van der Waals surface area contributed by atoms with Crippen molar-refractivity contribution in [3.63, 3.8) is 0 Å². The van der Waals surface area contributed by atoms with E-state index >= 15 is 0 Å². The third kappa shape index (κ3) is 6.30. The molecular weight excluding hydrogens is 465 g/mol. The molecule has 0 unspecified atom stereocenters. The molecule has 2 aromatic rings. The van der Waals surface area contributed by atoms with Crippen LogP contribution in [0.3, 0.4) is 0 Å². The maximum absolute atomic E-state index is 13.8. The Hall–Kier alpha value is -4.05. The number of rotatable bonds is 8. The van der Waals surface area contributed by atoms with Gasteiger partial charge in [0.1, 0.15) is 28.6 Å². The largest absolute Gasteiger partial charge is 0.481 e. The van der Waals surface area contributed by atoms with Crippen LogP contribution in [-0.4, -0.2) is 36.0 Å². The van der Waals surface area contributed by atoms with Crippen LogP contribution in [0.25, 0.3) is 0 Å². The third-order valence-corrected chi connectivity index (χ3v) is 5.11. The normalized spacial score (nSPS) is 17.1. The van der Waals surface area contributed by atoms with Gasteiger partial charge in [-0.2, -0.15) is 13.2 Å². The highest BCUT2D eigenvalue weighted by molar-refractivity contribution is 6.09. The molecule has 10 heteroatoms.